The average molecular weight is 309 g/mol. The molecular formula is C16H18F3N3. The van der Waals surface area contributed by atoms with E-state index in [1.807, 2.05) is 6.07 Å². The lowest BCUT2D eigenvalue weighted by Crippen LogP contribution is -2.36. The minimum Gasteiger partial charge on any atom is -0.295 e. The van der Waals surface area contributed by atoms with Crippen molar-refractivity contribution in [2.45, 2.75) is 39.0 Å². The molecule has 2 aromatic rings. The Labute approximate surface area is 127 Å². The van der Waals surface area contributed by atoms with Gasteiger partial charge in [0, 0.05) is 24.7 Å². The van der Waals surface area contributed by atoms with Gasteiger partial charge < -0.3 is 0 Å². The Bertz CT molecular complexity index is 659. The average Bonchev–Trinajstić information content (AvgIpc) is 2.86. The number of nitrogens with zero attached hydrogens (tertiary/aromatic N) is 3. The lowest BCUT2D eigenvalue weighted by Gasteiger charge is -2.31. The molecule has 22 heavy (non-hydrogen) atoms. The highest BCUT2D eigenvalue weighted by molar-refractivity contribution is 5.39. The number of benzene rings is 1. The number of fused-ring (bicyclic) bond motifs is 1. The first-order chi connectivity index (χ1) is 10.4. The predicted molar refractivity (Wildman–Crippen MR) is 77.8 cm³/mol. The Morgan fingerprint density at radius 1 is 1.14 bits per heavy atom. The van der Waals surface area contributed by atoms with Crippen LogP contribution in [0.3, 0.4) is 0 Å². The number of halogens is 3. The maximum Gasteiger partial charge on any atom is 0.435 e. The number of alkyl halides is 3. The van der Waals surface area contributed by atoms with Crippen LogP contribution in [-0.4, -0.2) is 27.3 Å². The van der Waals surface area contributed by atoms with Crippen molar-refractivity contribution in [3.8, 4) is 5.69 Å². The normalized spacial score (nSPS) is 16.1. The molecule has 0 saturated carbocycles. The fourth-order valence-corrected chi connectivity index (χ4v) is 2.89. The summed E-state index contributed by atoms with van der Waals surface area (Å²) < 4.78 is 41.3. The smallest absolute Gasteiger partial charge is 0.295 e. The summed E-state index contributed by atoms with van der Waals surface area (Å²) >= 11 is 0. The summed E-state index contributed by atoms with van der Waals surface area (Å²) in [7, 11) is 0. The van der Waals surface area contributed by atoms with Crippen LogP contribution in [0.1, 0.15) is 30.8 Å². The zero-order chi connectivity index (χ0) is 15.9. The van der Waals surface area contributed by atoms with Crippen LogP contribution in [0.15, 0.2) is 30.3 Å². The lowest BCUT2D eigenvalue weighted by atomic mass is 10.0. The van der Waals surface area contributed by atoms with E-state index >= 15 is 0 Å². The molecule has 0 unspecified atom stereocenters. The van der Waals surface area contributed by atoms with E-state index in [0.29, 0.717) is 42.5 Å². The number of para-hydroxylation sites is 1. The fraction of sp³-hybridized carbons (Fsp3) is 0.438. The quantitative estimate of drug-likeness (QED) is 0.844. The summed E-state index contributed by atoms with van der Waals surface area (Å²) in [6, 6.07) is 9.30. The molecular weight excluding hydrogens is 291 g/mol. The highest BCUT2D eigenvalue weighted by Gasteiger charge is 2.40. The van der Waals surface area contributed by atoms with E-state index in [9.17, 15) is 13.2 Å². The molecule has 0 aliphatic carbocycles. The van der Waals surface area contributed by atoms with Gasteiger partial charge in [0.1, 0.15) is 0 Å². The minimum atomic E-state index is -4.41. The molecule has 6 heteroatoms. The van der Waals surface area contributed by atoms with Gasteiger partial charge in [-0.2, -0.15) is 18.3 Å². The first kappa shape index (κ1) is 15.1. The van der Waals surface area contributed by atoms with Gasteiger partial charge in [0.05, 0.1) is 11.4 Å². The molecule has 0 amide bonds. The second-order valence-corrected chi connectivity index (χ2v) is 5.83. The molecule has 1 aliphatic heterocycles. The van der Waals surface area contributed by atoms with E-state index in [1.54, 1.807) is 24.3 Å². The van der Waals surface area contributed by atoms with Crippen molar-refractivity contribution in [2.24, 2.45) is 0 Å². The van der Waals surface area contributed by atoms with Gasteiger partial charge in [-0.25, -0.2) is 4.68 Å². The first-order valence-corrected chi connectivity index (χ1v) is 7.35. The standard InChI is InChI=1S/C16H18F3N3/c1-11(2)21-9-8-13-14(10-21)22(12-6-4-3-5-7-12)20-15(13)16(17,18)19/h3-7,11H,8-10H2,1-2H3. The van der Waals surface area contributed by atoms with Crippen LogP contribution in [0.2, 0.25) is 0 Å². The Morgan fingerprint density at radius 3 is 2.41 bits per heavy atom. The molecule has 3 nitrogen and oxygen atoms in total. The second-order valence-electron chi connectivity index (χ2n) is 5.83. The molecule has 0 bridgehead atoms. The number of aromatic nitrogens is 2. The van der Waals surface area contributed by atoms with E-state index < -0.39 is 11.9 Å². The van der Waals surface area contributed by atoms with Crippen molar-refractivity contribution >= 4 is 0 Å². The van der Waals surface area contributed by atoms with E-state index in [4.69, 9.17) is 0 Å². The van der Waals surface area contributed by atoms with Crippen LogP contribution in [0.4, 0.5) is 13.2 Å². The van der Waals surface area contributed by atoms with E-state index in [2.05, 4.69) is 23.8 Å². The summed E-state index contributed by atoms with van der Waals surface area (Å²) in [5, 5.41) is 3.89. The Balaban J connectivity index is 2.13. The number of hydrogen-bond donors (Lipinski definition) is 0. The van der Waals surface area contributed by atoms with Gasteiger partial charge in [-0.1, -0.05) is 18.2 Å². The van der Waals surface area contributed by atoms with Crippen LogP contribution in [0, 0.1) is 0 Å². The van der Waals surface area contributed by atoms with Crippen molar-refractivity contribution in [3.63, 3.8) is 0 Å². The van der Waals surface area contributed by atoms with Crippen LogP contribution >= 0.6 is 0 Å². The maximum atomic E-state index is 13.3. The Kier molecular flexibility index (Phi) is 3.72. The molecule has 118 valence electrons. The van der Waals surface area contributed by atoms with Gasteiger partial charge >= 0.3 is 6.18 Å². The maximum absolute atomic E-state index is 13.3. The van der Waals surface area contributed by atoms with Crippen LogP contribution < -0.4 is 0 Å². The molecule has 1 aliphatic rings. The third-order valence-corrected chi connectivity index (χ3v) is 4.09. The van der Waals surface area contributed by atoms with Crippen molar-refractivity contribution in [1.82, 2.24) is 14.7 Å². The van der Waals surface area contributed by atoms with Gasteiger partial charge in [0.25, 0.3) is 0 Å². The van der Waals surface area contributed by atoms with Gasteiger partial charge in [-0.15, -0.1) is 0 Å². The number of rotatable bonds is 2. The highest BCUT2D eigenvalue weighted by atomic mass is 19.4. The summed E-state index contributed by atoms with van der Waals surface area (Å²) in [6.07, 6.45) is -4.03. The molecule has 1 aromatic carbocycles. The van der Waals surface area contributed by atoms with Gasteiger partial charge in [0.2, 0.25) is 0 Å². The van der Waals surface area contributed by atoms with Gasteiger partial charge in [-0.3, -0.25) is 4.90 Å². The molecule has 0 saturated heterocycles. The van der Waals surface area contributed by atoms with Crippen molar-refractivity contribution in [1.29, 1.82) is 0 Å². The summed E-state index contributed by atoms with van der Waals surface area (Å²) in [5.74, 6) is 0. The zero-order valence-corrected chi connectivity index (χ0v) is 12.6. The molecule has 0 radical (unpaired) electrons. The summed E-state index contributed by atoms with van der Waals surface area (Å²) in [6.45, 7) is 5.23. The zero-order valence-electron chi connectivity index (χ0n) is 12.6. The molecule has 0 fully saturated rings. The van der Waals surface area contributed by atoms with Gasteiger partial charge in [0.15, 0.2) is 5.69 Å². The third-order valence-electron chi connectivity index (χ3n) is 4.09. The van der Waals surface area contributed by atoms with Crippen molar-refractivity contribution in [3.05, 3.63) is 47.3 Å². The van der Waals surface area contributed by atoms with Crippen LogP contribution in [0.25, 0.3) is 5.69 Å². The van der Waals surface area contributed by atoms with Gasteiger partial charge in [-0.05, 0) is 32.4 Å². The van der Waals surface area contributed by atoms with E-state index in [-0.39, 0.29) is 0 Å². The molecule has 1 aromatic heterocycles. The SMILES string of the molecule is CC(C)N1CCc2c(C(F)(F)F)nn(-c3ccccc3)c2C1. The Hall–Kier alpha value is -1.82. The Morgan fingerprint density at radius 2 is 1.82 bits per heavy atom. The van der Waals surface area contributed by atoms with E-state index in [0.717, 1.165) is 0 Å². The first-order valence-electron chi connectivity index (χ1n) is 7.35. The monoisotopic (exact) mass is 309 g/mol. The summed E-state index contributed by atoms with van der Waals surface area (Å²) in [4.78, 5) is 2.17. The minimum absolute atomic E-state index is 0.293. The van der Waals surface area contributed by atoms with E-state index in [1.165, 1.54) is 4.68 Å². The third kappa shape index (κ3) is 2.63. The van der Waals surface area contributed by atoms with Crippen molar-refractivity contribution < 1.29 is 13.2 Å². The predicted octanol–water partition coefficient (Wildman–Crippen LogP) is 3.66. The number of hydrogen-bond acceptors (Lipinski definition) is 2. The lowest BCUT2D eigenvalue weighted by molar-refractivity contribution is -0.142. The summed E-state index contributed by atoms with van der Waals surface area (Å²) in [5.41, 5.74) is 0.918. The molecule has 0 atom stereocenters. The van der Waals surface area contributed by atoms with Crippen LogP contribution in [-0.2, 0) is 19.1 Å². The topological polar surface area (TPSA) is 21.1 Å². The fourth-order valence-electron chi connectivity index (χ4n) is 2.89. The van der Waals surface area contributed by atoms with Crippen molar-refractivity contribution in [2.75, 3.05) is 6.54 Å². The molecule has 0 spiro atoms. The molecule has 2 heterocycles. The molecule has 0 N–H and O–H groups in total. The highest BCUT2D eigenvalue weighted by Crippen LogP contribution is 2.36. The molecule has 3 rings (SSSR count). The second kappa shape index (κ2) is 5.43. The largest absolute Gasteiger partial charge is 0.435 e. The van der Waals surface area contributed by atoms with Crippen LogP contribution in [0.5, 0.6) is 0 Å².